The van der Waals surface area contributed by atoms with Gasteiger partial charge in [0, 0.05) is 18.3 Å². The largest absolute Gasteiger partial charge is 0.425 e. The Balaban J connectivity index is 1.78. The number of aryl methyl sites for hydroxylation is 2. The van der Waals surface area contributed by atoms with Crippen LogP contribution in [0.5, 0.6) is 0 Å². The van der Waals surface area contributed by atoms with Crippen LogP contribution in [0.15, 0.2) is 14.4 Å². The highest BCUT2D eigenvalue weighted by Gasteiger charge is 2.25. The summed E-state index contributed by atoms with van der Waals surface area (Å²) < 4.78 is 7.31. The normalized spacial score (nSPS) is 17.0. The molecule has 3 aromatic heterocycles. The van der Waals surface area contributed by atoms with Crippen LogP contribution < -0.4 is 5.56 Å². The second-order valence-electron chi connectivity index (χ2n) is 7.74. The van der Waals surface area contributed by atoms with Crippen molar-refractivity contribution in [3.05, 3.63) is 32.6 Å². The molecule has 0 radical (unpaired) electrons. The molecular weight excluding hydrogens is 380 g/mol. The van der Waals surface area contributed by atoms with Gasteiger partial charge in [0.1, 0.15) is 4.83 Å². The van der Waals surface area contributed by atoms with E-state index in [0.29, 0.717) is 35.9 Å². The molecule has 3 heterocycles. The van der Waals surface area contributed by atoms with Crippen LogP contribution in [-0.2, 0) is 25.1 Å². The van der Waals surface area contributed by atoms with Gasteiger partial charge in [0.2, 0.25) is 11.8 Å². The summed E-state index contributed by atoms with van der Waals surface area (Å²) in [6, 6.07) is 0. The van der Waals surface area contributed by atoms with E-state index in [0.717, 1.165) is 34.6 Å². The molecule has 1 atom stereocenters. The Morgan fingerprint density at radius 2 is 2.19 bits per heavy atom. The Morgan fingerprint density at radius 3 is 2.89 bits per heavy atom. The van der Waals surface area contributed by atoms with Crippen molar-refractivity contribution in [2.75, 3.05) is 0 Å². The van der Waals surface area contributed by atoms with E-state index in [2.05, 4.69) is 31.0 Å². The van der Waals surface area contributed by atoms with Gasteiger partial charge in [-0.25, -0.2) is 4.98 Å². The second-order valence-corrected chi connectivity index (χ2v) is 9.77. The third kappa shape index (κ3) is 3.69. The molecule has 1 aliphatic carbocycles. The molecule has 4 rings (SSSR count). The summed E-state index contributed by atoms with van der Waals surface area (Å²) >= 11 is 3.19. The molecule has 27 heavy (non-hydrogen) atoms. The third-order valence-electron chi connectivity index (χ3n) is 4.82. The number of hydrogen-bond donors (Lipinski definition) is 0. The summed E-state index contributed by atoms with van der Waals surface area (Å²) in [5.74, 6) is 2.66. The van der Waals surface area contributed by atoms with E-state index >= 15 is 0 Å². The van der Waals surface area contributed by atoms with Crippen molar-refractivity contribution in [2.45, 2.75) is 64.4 Å². The highest BCUT2D eigenvalue weighted by Crippen LogP contribution is 2.36. The van der Waals surface area contributed by atoms with Crippen LogP contribution in [-0.4, -0.2) is 19.7 Å². The Morgan fingerprint density at radius 1 is 1.37 bits per heavy atom. The molecular formula is C19H24N4O2S2. The fraction of sp³-hybridized carbons (Fsp3) is 0.579. The van der Waals surface area contributed by atoms with E-state index in [9.17, 15) is 4.79 Å². The number of rotatable bonds is 5. The third-order valence-corrected chi connectivity index (χ3v) is 6.93. The minimum Gasteiger partial charge on any atom is -0.425 e. The summed E-state index contributed by atoms with van der Waals surface area (Å²) in [5.41, 5.74) is 1.34. The van der Waals surface area contributed by atoms with Gasteiger partial charge in [-0.15, -0.1) is 21.5 Å². The lowest BCUT2D eigenvalue weighted by atomic mass is 9.89. The molecule has 0 fully saturated rings. The molecule has 6 nitrogen and oxygen atoms in total. The predicted octanol–water partition coefficient (Wildman–Crippen LogP) is 4.22. The molecule has 144 valence electrons. The van der Waals surface area contributed by atoms with Crippen LogP contribution in [0.1, 0.15) is 49.4 Å². The summed E-state index contributed by atoms with van der Waals surface area (Å²) in [4.78, 5) is 20.5. The van der Waals surface area contributed by atoms with E-state index < -0.39 is 0 Å². The van der Waals surface area contributed by atoms with Gasteiger partial charge in [0.15, 0.2) is 5.16 Å². The quantitative estimate of drug-likeness (QED) is 0.468. The first-order chi connectivity index (χ1) is 12.9. The fourth-order valence-electron chi connectivity index (χ4n) is 3.56. The topological polar surface area (TPSA) is 73.8 Å². The summed E-state index contributed by atoms with van der Waals surface area (Å²) in [6.45, 7) is 8.96. The van der Waals surface area contributed by atoms with Crippen LogP contribution >= 0.6 is 23.1 Å². The van der Waals surface area contributed by atoms with Crippen LogP contribution in [0.3, 0.4) is 0 Å². The van der Waals surface area contributed by atoms with Crippen molar-refractivity contribution in [3.8, 4) is 0 Å². The van der Waals surface area contributed by atoms with Gasteiger partial charge < -0.3 is 4.42 Å². The molecule has 1 unspecified atom stereocenters. The summed E-state index contributed by atoms with van der Waals surface area (Å²) in [5, 5.41) is 9.51. The van der Waals surface area contributed by atoms with Crippen molar-refractivity contribution < 1.29 is 4.42 Å². The Labute approximate surface area is 166 Å². The van der Waals surface area contributed by atoms with E-state index in [1.165, 1.54) is 22.2 Å². The van der Waals surface area contributed by atoms with Crippen molar-refractivity contribution >= 4 is 33.3 Å². The lowest BCUT2D eigenvalue weighted by Crippen LogP contribution is -2.26. The molecule has 0 saturated heterocycles. The van der Waals surface area contributed by atoms with Crippen LogP contribution in [0.25, 0.3) is 10.2 Å². The van der Waals surface area contributed by atoms with E-state index in [1.807, 2.05) is 4.57 Å². The van der Waals surface area contributed by atoms with Gasteiger partial charge in [-0.1, -0.05) is 32.5 Å². The molecule has 0 spiro atoms. The molecule has 0 aromatic carbocycles. The second kappa shape index (κ2) is 7.39. The van der Waals surface area contributed by atoms with Gasteiger partial charge in [-0.3, -0.25) is 9.36 Å². The highest BCUT2D eigenvalue weighted by molar-refractivity contribution is 7.98. The average molecular weight is 405 g/mol. The molecule has 0 amide bonds. The molecule has 0 saturated carbocycles. The van der Waals surface area contributed by atoms with Gasteiger partial charge >= 0.3 is 0 Å². The first kappa shape index (κ1) is 18.7. The highest BCUT2D eigenvalue weighted by atomic mass is 32.2. The van der Waals surface area contributed by atoms with Gasteiger partial charge in [0.05, 0.1) is 11.1 Å². The lowest BCUT2D eigenvalue weighted by Gasteiger charge is -2.18. The zero-order chi connectivity index (χ0) is 19.1. The zero-order valence-electron chi connectivity index (χ0n) is 16.1. The van der Waals surface area contributed by atoms with Crippen LogP contribution in [0.2, 0.25) is 0 Å². The molecule has 0 aliphatic heterocycles. The number of hydrogen-bond acceptors (Lipinski definition) is 7. The van der Waals surface area contributed by atoms with Gasteiger partial charge in [-0.05, 0) is 36.7 Å². The van der Waals surface area contributed by atoms with Crippen molar-refractivity contribution in [3.63, 3.8) is 0 Å². The zero-order valence-corrected chi connectivity index (χ0v) is 17.7. The first-order valence-corrected chi connectivity index (χ1v) is 11.2. The monoisotopic (exact) mass is 404 g/mol. The maximum absolute atomic E-state index is 13.4. The van der Waals surface area contributed by atoms with E-state index in [1.54, 1.807) is 18.3 Å². The molecule has 1 aliphatic rings. The molecule has 0 N–H and O–H groups in total. The average Bonchev–Trinajstić information content (AvgIpc) is 3.18. The number of nitrogens with zero attached hydrogens (tertiary/aromatic N) is 4. The van der Waals surface area contributed by atoms with Gasteiger partial charge in [-0.2, -0.15) is 0 Å². The minimum atomic E-state index is 0.102. The lowest BCUT2D eigenvalue weighted by molar-refractivity contribution is 0.472. The fourth-order valence-corrected chi connectivity index (χ4v) is 5.83. The number of fused-ring (bicyclic) bond motifs is 3. The van der Waals surface area contributed by atoms with Crippen molar-refractivity contribution in [1.29, 1.82) is 0 Å². The Kier molecular flexibility index (Phi) is 5.11. The first-order valence-electron chi connectivity index (χ1n) is 9.39. The van der Waals surface area contributed by atoms with E-state index in [-0.39, 0.29) is 5.56 Å². The van der Waals surface area contributed by atoms with Crippen LogP contribution in [0, 0.1) is 18.8 Å². The molecule has 3 aromatic rings. The standard InChI is InChI=1S/C19H24N4O2S2/c1-10(2)8-23-18(24)16-13-6-5-11(3)7-14(13)27-17(16)20-19(23)26-9-15-22-21-12(4)25-15/h10-11H,5-9H2,1-4H3. The summed E-state index contributed by atoms with van der Waals surface area (Å²) in [7, 11) is 0. The molecule has 8 heteroatoms. The number of aromatic nitrogens is 4. The number of thiophene rings is 1. The summed E-state index contributed by atoms with van der Waals surface area (Å²) in [6.07, 6.45) is 3.20. The Bertz CT molecular complexity index is 1030. The van der Waals surface area contributed by atoms with Crippen molar-refractivity contribution in [1.82, 2.24) is 19.7 Å². The van der Waals surface area contributed by atoms with Gasteiger partial charge in [0.25, 0.3) is 5.56 Å². The van der Waals surface area contributed by atoms with Crippen LogP contribution in [0.4, 0.5) is 0 Å². The maximum atomic E-state index is 13.4. The maximum Gasteiger partial charge on any atom is 0.263 e. The van der Waals surface area contributed by atoms with E-state index in [4.69, 9.17) is 9.40 Å². The smallest absolute Gasteiger partial charge is 0.263 e. The minimum absolute atomic E-state index is 0.102. The predicted molar refractivity (Wildman–Crippen MR) is 109 cm³/mol. The Hall–Kier alpha value is -1.67. The molecule has 0 bridgehead atoms. The van der Waals surface area contributed by atoms with Crippen molar-refractivity contribution in [2.24, 2.45) is 11.8 Å². The SMILES string of the molecule is Cc1nnc(CSc2nc3sc4c(c3c(=O)n2CC(C)C)CCC(C)C4)o1. The number of thioether (sulfide) groups is 1.